The van der Waals surface area contributed by atoms with Crippen LogP contribution in [-0.2, 0) is 6.54 Å². The molecular formula is C23H28N6O2S. The lowest BCUT2D eigenvalue weighted by Gasteiger charge is -2.39. The summed E-state index contributed by atoms with van der Waals surface area (Å²) in [5, 5.41) is 6.84. The highest BCUT2D eigenvalue weighted by molar-refractivity contribution is 7.10. The van der Waals surface area contributed by atoms with E-state index in [4.69, 9.17) is 4.74 Å². The zero-order chi connectivity index (χ0) is 22.5. The van der Waals surface area contributed by atoms with Crippen molar-refractivity contribution in [2.75, 3.05) is 25.5 Å². The lowest BCUT2D eigenvalue weighted by Crippen LogP contribution is -2.50. The zero-order valence-electron chi connectivity index (χ0n) is 18.5. The third-order valence-corrected chi connectivity index (χ3v) is 6.43. The van der Waals surface area contributed by atoms with Crippen LogP contribution in [0.15, 0.2) is 42.6 Å². The van der Waals surface area contributed by atoms with Crippen LogP contribution < -0.4 is 15.4 Å². The number of aryl methyl sites for hydroxylation is 2. The highest BCUT2D eigenvalue weighted by Crippen LogP contribution is 2.29. The molecule has 3 heterocycles. The molecule has 9 heteroatoms. The van der Waals surface area contributed by atoms with Crippen molar-refractivity contribution in [3.8, 4) is 5.75 Å². The van der Waals surface area contributed by atoms with E-state index in [1.807, 2.05) is 38.1 Å². The first-order valence-electron chi connectivity index (χ1n) is 10.7. The van der Waals surface area contributed by atoms with Gasteiger partial charge in [0.15, 0.2) is 0 Å². The summed E-state index contributed by atoms with van der Waals surface area (Å²) in [6, 6.07) is 11.7. The van der Waals surface area contributed by atoms with Gasteiger partial charge in [0.1, 0.15) is 16.6 Å². The lowest BCUT2D eigenvalue weighted by molar-refractivity contribution is 0.165. The Labute approximate surface area is 192 Å². The lowest BCUT2D eigenvalue weighted by atomic mass is 9.86. The van der Waals surface area contributed by atoms with E-state index in [0.717, 1.165) is 47.5 Å². The predicted molar refractivity (Wildman–Crippen MR) is 125 cm³/mol. The van der Waals surface area contributed by atoms with Crippen molar-refractivity contribution in [2.24, 2.45) is 0 Å². The van der Waals surface area contributed by atoms with Crippen LogP contribution in [0.3, 0.4) is 0 Å². The van der Waals surface area contributed by atoms with Gasteiger partial charge in [-0.15, -0.1) is 0 Å². The van der Waals surface area contributed by atoms with E-state index in [2.05, 4.69) is 42.0 Å². The minimum Gasteiger partial charge on any atom is -0.497 e. The number of methoxy groups -OCH3 is 1. The summed E-state index contributed by atoms with van der Waals surface area (Å²) in [5.74, 6) is 1.77. The van der Waals surface area contributed by atoms with Gasteiger partial charge in [-0.3, -0.25) is 10.2 Å². The maximum absolute atomic E-state index is 12.7. The number of likely N-dealkylation sites (tertiary alicyclic amines) is 1. The van der Waals surface area contributed by atoms with Crippen molar-refractivity contribution < 1.29 is 9.53 Å². The van der Waals surface area contributed by atoms with Crippen LogP contribution in [0.1, 0.15) is 35.1 Å². The second-order valence-electron chi connectivity index (χ2n) is 8.06. The van der Waals surface area contributed by atoms with Crippen LogP contribution in [-0.4, -0.2) is 51.5 Å². The Balaban J connectivity index is 1.48. The number of nitrogens with one attached hydrogen (secondary N) is 2. The highest BCUT2D eigenvalue weighted by Gasteiger charge is 2.32. The molecule has 2 atom stereocenters. The van der Waals surface area contributed by atoms with Gasteiger partial charge in [0.25, 0.3) is 0 Å². The number of urea groups is 1. The van der Waals surface area contributed by atoms with Crippen molar-refractivity contribution in [1.29, 1.82) is 0 Å². The largest absolute Gasteiger partial charge is 0.497 e. The van der Waals surface area contributed by atoms with Crippen LogP contribution >= 0.6 is 11.5 Å². The van der Waals surface area contributed by atoms with Crippen molar-refractivity contribution in [3.05, 3.63) is 65.4 Å². The van der Waals surface area contributed by atoms with Crippen molar-refractivity contribution in [3.63, 3.8) is 0 Å². The number of piperidine rings is 1. The van der Waals surface area contributed by atoms with Crippen LogP contribution in [0, 0.1) is 13.8 Å². The van der Waals surface area contributed by atoms with Gasteiger partial charge in [0.05, 0.1) is 19.3 Å². The van der Waals surface area contributed by atoms with Gasteiger partial charge >= 0.3 is 6.03 Å². The van der Waals surface area contributed by atoms with Gasteiger partial charge in [-0.25, -0.2) is 14.8 Å². The summed E-state index contributed by atoms with van der Waals surface area (Å²) < 4.78 is 9.54. The Kier molecular flexibility index (Phi) is 6.96. The highest BCUT2D eigenvalue weighted by atomic mass is 32.1. The van der Waals surface area contributed by atoms with E-state index in [-0.39, 0.29) is 18.0 Å². The second-order valence-corrected chi connectivity index (χ2v) is 8.86. The number of anilines is 1. The molecule has 1 saturated heterocycles. The quantitative estimate of drug-likeness (QED) is 0.592. The summed E-state index contributed by atoms with van der Waals surface area (Å²) in [6.45, 7) is 6.23. The smallest absolute Gasteiger partial charge is 0.320 e. The minimum absolute atomic E-state index is 0.00657. The number of benzene rings is 1. The molecule has 0 saturated carbocycles. The number of rotatable bonds is 6. The van der Waals surface area contributed by atoms with Gasteiger partial charge in [-0.05, 0) is 61.6 Å². The van der Waals surface area contributed by atoms with Crippen LogP contribution in [0.5, 0.6) is 5.75 Å². The topological polar surface area (TPSA) is 92.3 Å². The number of hydrogen-bond donors (Lipinski definition) is 2. The van der Waals surface area contributed by atoms with Crippen molar-refractivity contribution >= 4 is 22.6 Å². The van der Waals surface area contributed by atoms with Crippen molar-refractivity contribution in [1.82, 2.24) is 24.6 Å². The Bertz CT molecular complexity index is 1050. The summed E-state index contributed by atoms with van der Waals surface area (Å²) in [6.07, 6.45) is 2.63. The Morgan fingerprint density at radius 3 is 2.72 bits per heavy atom. The molecular weight excluding hydrogens is 424 g/mol. The molecule has 4 rings (SSSR count). The molecule has 32 heavy (non-hydrogen) atoms. The third-order valence-electron chi connectivity index (χ3n) is 5.63. The number of amides is 2. The molecule has 1 unspecified atom stereocenters. The zero-order valence-corrected chi connectivity index (χ0v) is 19.4. The average molecular weight is 453 g/mol. The fraction of sp³-hybridized carbons (Fsp3) is 0.391. The second kappa shape index (κ2) is 10.1. The first-order valence-corrected chi connectivity index (χ1v) is 11.4. The predicted octanol–water partition coefficient (Wildman–Crippen LogP) is 3.74. The van der Waals surface area contributed by atoms with E-state index in [0.29, 0.717) is 6.54 Å². The Morgan fingerprint density at radius 1 is 1.22 bits per heavy atom. The molecule has 168 valence electrons. The first-order chi connectivity index (χ1) is 15.5. The number of nitrogens with zero attached hydrogens (tertiary/aromatic N) is 4. The Hall–Kier alpha value is -3.04. The molecule has 2 aromatic heterocycles. The van der Waals surface area contributed by atoms with E-state index in [9.17, 15) is 4.79 Å². The molecule has 0 spiro atoms. The summed E-state index contributed by atoms with van der Waals surface area (Å²) in [5.41, 5.74) is 3.03. The molecule has 0 radical (unpaired) electrons. The molecule has 1 aliphatic rings. The third kappa shape index (κ3) is 5.60. The van der Waals surface area contributed by atoms with E-state index < -0.39 is 0 Å². The van der Waals surface area contributed by atoms with E-state index in [1.54, 1.807) is 13.3 Å². The number of hydrogen-bond acceptors (Lipinski definition) is 7. The molecule has 3 aromatic rings. The first kappa shape index (κ1) is 22.2. The maximum atomic E-state index is 12.7. The molecule has 1 aliphatic heterocycles. The standard InChI is InChI=1S/C23H28N6O2S/c1-15-8-10-24-21(25-15)14-29-11-9-20(26-23(30)27-22-12-16(2)28-32-22)19(13-29)17-4-6-18(31-3)7-5-17/h4-8,10,12,19-20H,9,11,13-14H2,1-3H3,(H2,26,27,30)/t19?,20-/m1/s1. The average Bonchev–Trinajstić information content (AvgIpc) is 3.19. The summed E-state index contributed by atoms with van der Waals surface area (Å²) in [7, 11) is 1.66. The van der Waals surface area contributed by atoms with Crippen LogP contribution in [0.4, 0.5) is 9.80 Å². The fourth-order valence-corrected chi connectivity index (χ4v) is 4.70. The summed E-state index contributed by atoms with van der Waals surface area (Å²) in [4.78, 5) is 24.0. The molecule has 1 aromatic carbocycles. The molecule has 2 N–H and O–H groups in total. The number of ether oxygens (including phenoxy) is 1. The maximum Gasteiger partial charge on any atom is 0.320 e. The number of carbonyl (C=O) groups excluding carboxylic acids is 1. The monoisotopic (exact) mass is 452 g/mol. The Morgan fingerprint density at radius 2 is 2.03 bits per heavy atom. The molecule has 8 nitrogen and oxygen atoms in total. The summed E-state index contributed by atoms with van der Waals surface area (Å²) >= 11 is 1.29. The normalized spacial score (nSPS) is 18.8. The molecule has 2 amide bonds. The van der Waals surface area contributed by atoms with Gasteiger partial charge in [-0.1, -0.05) is 12.1 Å². The minimum atomic E-state index is -0.201. The van der Waals surface area contributed by atoms with Crippen molar-refractivity contribution in [2.45, 2.75) is 38.8 Å². The van der Waals surface area contributed by atoms with Crippen LogP contribution in [0.2, 0.25) is 0 Å². The van der Waals surface area contributed by atoms with Gasteiger partial charge in [0, 0.05) is 36.9 Å². The van der Waals surface area contributed by atoms with Gasteiger partial charge < -0.3 is 10.1 Å². The number of carbonyl (C=O) groups is 1. The SMILES string of the molecule is COc1ccc(C2CN(Cc3nccc(C)n3)CC[C@H]2NC(=O)Nc2cc(C)ns2)cc1. The van der Waals surface area contributed by atoms with Gasteiger partial charge in [-0.2, -0.15) is 4.37 Å². The van der Waals surface area contributed by atoms with E-state index >= 15 is 0 Å². The van der Waals surface area contributed by atoms with Crippen LogP contribution in [0.25, 0.3) is 0 Å². The fourth-order valence-electron chi connectivity index (χ4n) is 4.04. The molecule has 1 fully saturated rings. The van der Waals surface area contributed by atoms with Gasteiger partial charge in [0.2, 0.25) is 0 Å². The molecule has 0 bridgehead atoms. The number of aromatic nitrogens is 3. The molecule has 0 aliphatic carbocycles. The van der Waals surface area contributed by atoms with E-state index in [1.165, 1.54) is 17.1 Å².